The van der Waals surface area contributed by atoms with Crippen LogP contribution in [0.5, 0.6) is 5.75 Å². The summed E-state index contributed by atoms with van der Waals surface area (Å²) >= 11 is 1.19. The molecule has 2 aromatic carbocycles. The minimum Gasteiger partial charge on any atom is -0.484 e. The summed E-state index contributed by atoms with van der Waals surface area (Å²) in [4.78, 5) is 12.0. The number of hydrogen-bond donors (Lipinski definition) is 1. The van der Waals surface area contributed by atoms with Crippen LogP contribution in [-0.4, -0.2) is 21.9 Å². The zero-order valence-electron chi connectivity index (χ0n) is 14.6. The van der Waals surface area contributed by atoms with Crippen molar-refractivity contribution in [2.24, 2.45) is 0 Å². The van der Waals surface area contributed by atoms with E-state index < -0.39 is 0 Å². The van der Waals surface area contributed by atoms with E-state index in [-0.39, 0.29) is 18.3 Å². The number of carbonyl (C=O) groups excluding carboxylic acids is 1. The third-order valence-electron chi connectivity index (χ3n) is 3.58. The van der Waals surface area contributed by atoms with Gasteiger partial charge in [0.2, 0.25) is 5.91 Å². The Morgan fingerprint density at radius 2 is 1.88 bits per heavy atom. The summed E-state index contributed by atoms with van der Waals surface area (Å²) in [5.74, 6) is 1.17. The van der Waals surface area contributed by atoms with Crippen LogP contribution in [0.1, 0.15) is 17.0 Å². The molecule has 3 rings (SSSR count). The number of hydrogen-bond acceptors (Lipinski definition) is 6. The number of para-hydroxylation sites is 1. The van der Waals surface area contributed by atoms with E-state index in [1.807, 2.05) is 62.4 Å². The monoisotopic (exact) mass is 369 g/mol. The molecule has 1 heterocycles. The van der Waals surface area contributed by atoms with E-state index in [1.54, 1.807) is 0 Å². The van der Waals surface area contributed by atoms with Crippen LogP contribution in [-0.2, 0) is 11.4 Å². The van der Waals surface area contributed by atoms with Gasteiger partial charge in [-0.3, -0.25) is 4.79 Å². The fraction of sp³-hybridized carbons (Fsp3) is 0.211. The molecular weight excluding hydrogens is 350 g/mol. The predicted molar refractivity (Wildman–Crippen MR) is 100 cm³/mol. The second kappa shape index (κ2) is 8.53. The number of nitrogens with one attached hydrogen (secondary N) is 1. The minimum atomic E-state index is -0.125. The Hall–Kier alpha value is -2.80. The molecule has 0 aliphatic carbocycles. The van der Waals surface area contributed by atoms with E-state index in [1.165, 1.54) is 11.8 Å². The van der Waals surface area contributed by atoms with Gasteiger partial charge in [0.15, 0.2) is 6.61 Å². The molecule has 1 aromatic heterocycles. The molecule has 0 aliphatic heterocycles. The zero-order chi connectivity index (χ0) is 18.4. The van der Waals surface area contributed by atoms with Crippen molar-refractivity contribution < 1.29 is 13.9 Å². The lowest BCUT2D eigenvalue weighted by molar-refractivity contribution is -0.113. The zero-order valence-corrected chi connectivity index (χ0v) is 15.4. The average Bonchev–Trinajstić information content (AvgIpc) is 3.09. The number of aryl methyl sites for hydroxylation is 2. The number of nitrogens with zero attached hydrogens (tertiary/aromatic N) is 2. The third-order valence-corrected chi connectivity index (χ3v) is 4.40. The summed E-state index contributed by atoms with van der Waals surface area (Å²) in [7, 11) is 0. The smallest absolute Gasteiger partial charge is 0.277 e. The predicted octanol–water partition coefficient (Wildman–Crippen LogP) is 4.00. The van der Waals surface area contributed by atoms with Crippen molar-refractivity contribution in [2.45, 2.75) is 25.7 Å². The normalized spacial score (nSPS) is 10.5. The summed E-state index contributed by atoms with van der Waals surface area (Å²) in [6.45, 7) is 4.15. The molecule has 0 aliphatic rings. The van der Waals surface area contributed by atoms with Crippen LogP contribution in [0.15, 0.2) is 58.2 Å². The molecule has 6 nitrogen and oxygen atoms in total. The van der Waals surface area contributed by atoms with Gasteiger partial charge in [-0.15, -0.1) is 10.2 Å². The number of amides is 1. The summed E-state index contributed by atoms with van der Waals surface area (Å²) in [5, 5.41) is 11.1. The SMILES string of the molecule is Cc1ccc(OCc2nnc(SCC(=O)Nc3ccccc3C)o2)cc1. The van der Waals surface area contributed by atoms with Crippen LogP contribution in [0.4, 0.5) is 5.69 Å². The number of ether oxygens (including phenoxy) is 1. The Morgan fingerprint density at radius 1 is 1.12 bits per heavy atom. The summed E-state index contributed by atoms with van der Waals surface area (Å²) < 4.78 is 11.1. The lowest BCUT2D eigenvalue weighted by atomic mass is 10.2. The van der Waals surface area contributed by atoms with Gasteiger partial charge in [0.1, 0.15) is 5.75 Å². The van der Waals surface area contributed by atoms with E-state index in [9.17, 15) is 4.79 Å². The first-order valence-electron chi connectivity index (χ1n) is 8.10. The standard InChI is InChI=1S/C19H19N3O3S/c1-13-7-9-15(10-8-13)24-11-18-21-22-19(25-18)26-12-17(23)20-16-6-4-3-5-14(16)2/h3-10H,11-12H2,1-2H3,(H,20,23). The van der Waals surface area contributed by atoms with E-state index in [0.29, 0.717) is 11.1 Å². The van der Waals surface area contributed by atoms with Crippen LogP contribution in [0.3, 0.4) is 0 Å². The van der Waals surface area contributed by atoms with Gasteiger partial charge in [-0.1, -0.05) is 47.7 Å². The molecule has 0 atom stereocenters. The van der Waals surface area contributed by atoms with Gasteiger partial charge in [-0.05, 0) is 37.6 Å². The minimum absolute atomic E-state index is 0.125. The van der Waals surface area contributed by atoms with Crippen LogP contribution in [0.25, 0.3) is 0 Å². The molecule has 0 radical (unpaired) electrons. The Bertz CT molecular complexity index is 878. The fourth-order valence-electron chi connectivity index (χ4n) is 2.16. The van der Waals surface area contributed by atoms with Crippen molar-refractivity contribution in [1.29, 1.82) is 0 Å². The average molecular weight is 369 g/mol. The maximum absolute atomic E-state index is 12.0. The molecule has 0 bridgehead atoms. The summed E-state index contributed by atoms with van der Waals surface area (Å²) in [6, 6.07) is 15.3. The van der Waals surface area contributed by atoms with Gasteiger partial charge in [0.25, 0.3) is 11.1 Å². The van der Waals surface area contributed by atoms with Crippen LogP contribution in [0, 0.1) is 13.8 Å². The maximum atomic E-state index is 12.0. The van der Waals surface area contributed by atoms with Gasteiger partial charge >= 0.3 is 0 Å². The number of thioether (sulfide) groups is 1. The van der Waals surface area contributed by atoms with Gasteiger partial charge < -0.3 is 14.5 Å². The molecular formula is C19H19N3O3S. The molecule has 0 saturated heterocycles. The van der Waals surface area contributed by atoms with Gasteiger partial charge in [0.05, 0.1) is 5.75 Å². The topological polar surface area (TPSA) is 77.2 Å². The Morgan fingerprint density at radius 3 is 2.65 bits per heavy atom. The molecule has 3 aromatic rings. The molecule has 0 spiro atoms. The third kappa shape index (κ3) is 5.10. The van der Waals surface area contributed by atoms with E-state index in [0.717, 1.165) is 22.6 Å². The van der Waals surface area contributed by atoms with E-state index in [2.05, 4.69) is 15.5 Å². The maximum Gasteiger partial charge on any atom is 0.277 e. The van der Waals surface area contributed by atoms with Crippen molar-refractivity contribution >= 4 is 23.4 Å². The Labute approximate surface area is 156 Å². The number of anilines is 1. The van der Waals surface area contributed by atoms with Crippen LogP contribution in [0.2, 0.25) is 0 Å². The molecule has 7 heteroatoms. The highest BCUT2D eigenvalue weighted by Crippen LogP contribution is 2.19. The number of rotatable bonds is 7. The van der Waals surface area contributed by atoms with E-state index >= 15 is 0 Å². The first-order chi connectivity index (χ1) is 12.6. The van der Waals surface area contributed by atoms with Gasteiger partial charge in [-0.2, -0.15) is 0 Å². The molecule has 0 unspecified atom stereocenters. The van der Waals surface area contributed by atoms with Crippen molar-refractivity contribution in [3.05, 3.63) is 65.5 Å². The summed E-state index contributed by atoms with van der Waals surface area (Å²) in [6.07, 6.45) is 0. The molecule has 26 heavy (non-hydrogen) atoms. The van der Waals surface area contributed by atoms with Crippen molar-refractivity contribution in [3.8, 4) is 5.75 Å². The lowest BCUT2D eigenvalue weighted by Gasteiger charge is -2.06. The van der Waals surface area contributed by atoms with Gasteiger partial charge in [-0.25, -0.2) is 0 Å². The highest BCUT2D eigenvalue weighted by atomic mass is 32.2. The fourth-order valence-corrected chi connectivity index (χ4v) is 2.74. The highest BCUT2D eigenvalue weighted by Gasteiger charge is 2.11. The number of carbonyl (C=O) groups is 1. The Kier molecular flexibility index (Phi) is 5.91. The van der Waals surface area contributed by atoms with Crippen molar-refractivity contribution in [3.63, 3.8) is 0 Å². The number of aromatic nitrogens is 2. The molecule has 134 valence electrons. The quantitative estimate of drug-likeness (QED) is 0.635. The van der Waals surface area contributed by atoms with Crippen LogP contribution >= 0.6 is 11.8 Å². The molecule has 1 amide bonds. The largest absolute Gasteiger partial charge is 0.484 e. The number of benzene rings is 2. The van der Waals surface area contributed by atoms with Gasteiger partial charge in [0, 0.05) is 5.69 Å². The highest BCUT2D eigenvalue weighted by molar-refractivity contribution is 7.99. The first-order valence-corrected chi connectivity index (χ1v) is 9.09. The van der Waals surface area contributed by atoms with Crippen molar-refractivity contribution in [2.75, 3.05) is 11.1 Å². The van der Waals surface area contributed by atoms with Crippen molar-refractivity contribution in [1.82, 2.24) is 10.2 Å². The molecule has 1 N–H and O–H groups in total. The second-order valence-corrected chi connectivity index (χ2v) is 6.64. The first kappa shape index (κ1) is 18.0. The van der Waals surface area contributed by atoms with E-state index in [4.69, 9.17) is 9.15 Å². The second-order valence-electron chi connectivity index (χ2n) is 5.72. The summed E-state index contributed by atoms with van der Waals surface area (Å²) in [5.41, 5.74) is 2.98. The Balaban J connectivity index is 1.46. The molecule has 0 saturated carbocycles. The lowest BCUT2D eigenvalue weighted by Crippen LogP contribution is -2.14. The van der Waals surface area contributed by atoms with Crippen LogP contribution < -0.4 is 10.1 Å². The molecule has 0 fully saturated rings.